The first-order valence-corrected chi connectivity index (χ1v) is 10.4. The van der Waals surface area contributed by atoms with E-state index >= 15 is 0 Å². The molecule has 0 bridgehead atoms. The molecule has 2 aromatic carbocycles. The maximum atomic E-state index is 14.3. The first-order valence-electron chi connectivity index (χ1n) is 10.4. The lowest BCUT2D eigenvalue weighted by Crippen LogP contribution is -2.25. The van der Waals surface area contributed by atoms with Crippen molar-refractivity contribution < 1.29 is 18.7 Å². The van der Waals surface area contributed by atoms with Crippen LogP contribution >= 0.6 is 0 Å². The van der Waals surface area contributed by atoms with Crippen molar-refractivity contribution in [1.82, 2.24) is 14.9 Å². The maximum absolute atomic E-state index is 14.3. The fourth-order valence-electron chi connectivity index (χ4n) is 4.06. The number of ether oxygens (including phenoxy) is 2. The van der Waals surface area contributed by atoms with E-state index in [2.05, 4.69) is 9.88 Å². The number of nitrogens with zero attached hydrogens (tertiary/aromatic N) is 4. The second-order valence-corrected chi connectivity index (χ2v) is 8.41. The zero-order valence-corrected chi connectivity index (χ0v) is 18.1. The molecule has 164 valence electrons. The van der Waals surface area contributed by atoms with Crippen LogP contribution in [0.25, 0.3) is 11.4 Å². The molecule has 8 heteroatoms. The molecule has 32 heavy (non-hydrogen) atoms. The van der Waals surface area contributed by atoms with E-state index in [1.165, 1.54) is 18.1 Å². The number of methoxy groups -OCH3 is 1. The van der Waals surface area contributed by atoms with Gasteiger partial charge in [-0.25, -0.2) is 19.2 Å². The Kier molecular flexibility index (Phi) is 4.73. The minimum Gasteiger partial charge on any atom is -0.494 e. The Balaban J connectivity index is 1.52. The van der Waals surface area contributed by atoms with E-state index in [-0.39, 0.29) is 11.2 Å². The normalized spacial score (nSPS) is 15.4. The van der Waals surface area contributed by atoms with Crippen LogP contribution in [-0.2, 0) is 5.41 Å². The van der Waals surface area contributed by atoms with Gasteiger partial charge in [-0.15, -0.1) is 0 Å². The van der Waals surface area contributed by atoms with E-state index in [1.807, 2.05) is 24.4 Å². The quantitative estimate of drug-likeness (QED) is 0.601. The number of benzene rings is 2. The Labute approximate surface area is 185 Å². The first-order chi connectivity index (χ1) is 15.4. The molecule has 1 amide bonds. The molecular formula is C24H23FN4O3. The zero-order valence-electron chi connectivity index (χ0n) is 18.1. The van der Waals surface area contributed by atoms with Gasteiger partial charge >= 0.3 is 6.09 Å². The summed E-state index contributed by atoms with van der Waals surface area (Å²) < 4.78 is 24.7. The number of carbonyl (C=O) groups excluding carboxylic acids is 1. The summed E-state index contributed by atoms with van der Waals surface area (Å²) in [5.74, 6) is 1.44. The Morgan fingerprint density at radius 1 is 1.19 bits per heavy atom. The van der Waals surface area contributed by atoms with Gasteiger partial charge in [-0.2, -0.15) is 0 Å². The highest BCUT2D eigenvalue weighted by Gasteiger charge is 2.53. The summed E-state index contributed by atoms with van der Waals surface area (Å²) >= 11 is 0. The predicted octanol–water partition coefficient (Wildman–Crippen LogP) is 4.54. The van der Waals surface area contributed by atoms with Crippen LogP contribution in [0.15, 0.2) is 48.7 Å². The molecule has 0 radical (unpaired) electrons. The zero-order chi connectivity index (χ0) is 22.5. The van der Waals surface area contributed by atoms with Gasteiger partial charge in [-0.3, -0.25) is 0 Å². The van der Waals surface area contributed by atoms with Crippen molar-refractivity contribution in [3.8, 4) is 22.9 Å². The maximum Gasteiger partial charge on any atom is 0.414 e. The monoisotopic (exact) mass is 434 g/mol. The van der Waals surface area contributed by atoms with Crippen molar-refractivity contribution in [3.63, 3.8) is 0 Å². The molecule has 0 atom stereocenters. The van der Waals surface area contributed by atoms with Gasteiger partial charge in [0.1, 0.15) is 11.6 Å². The van der Waals surface area contributed by atoms with Gasteiger partial charge in [0.2, 0.25) is 0 Å². The molecule has 1 spiro atoms. The lowest BCUT2D eigenvalue weighted by molar-refractivity contribution is 0.172. The molecule has 1 saturated carbocycles. The molecule has 1 fully saturated rings. The van der Waals surface area contributed by atoms with Crippen LogP contribution in [0.2, 0.25) is 0 Å². The van der Waals surface area contributed by atoms with Gasteiger partial charge in [0.05, 0.1) is 7.11 Å². The van der Waals surface area contributed by atoms with Crippen LogP contribution in [0.1, 0.15) is 18.4 Å². The molecule has 0 N–H and O–H groups in total. The number of amides is 1. The number of hydrogen-bond donors (Lipinski definition) is 0. The van der Waals surface area contributed by atoms with E-state index in [9.17, 15) is 9.18 Å². The van der Waals surface area contributed by atoms with Crippen LogP contribution in [0.4, 0.5) is 20.7 Å². The largest absolute Gasteiger partial charge is 0.494 e. The van der Waals surface area contributed by atoms with Crippen molar-refractivity contribution in [1.29, 1.82) is 0 Å². The number of carbonyl (C=O) groups is 1. The summed E-state index contributed by atoms with van der Waals surface area (Å²) in [6, 6.07) is 12.1. The summed E-state index contributed by atoms with van der Waals surface area (Å²) in [6.07, 6.45) is 3.58. The first kappa shape index (κ1) is 20.2. The number of anilines is 2. The van der Waals surface area contributed by atoms with Crippen LogP contribution in [0.5, 0.6) is 11.5 Å². The standard InChI is InChI=1S/C24H23FN4O3/c1-28(2)23(30)32-17-6-4-5-16(12-17)29-14-24(9-10-24)18-13-26-21(27-22(18)29)15-7-8-20(31-3)19(25)11-15/h4-8,11-13H,9-10,14H2,1-3H3. The average molecular weight is 434 g/mol. The fraction of sp³-hybridized carbons (Fsp3) is 0.292. The summed E-state index contributed by atoms with van der Waals surface area (Å²) in [5.41, 5.74) is 2.61. The molecule has 2 heterocycles. The topological polar surface area (TPSA) is 67.8 Å². The van der Waals surface area contributed by atoms with Crippen molar-refractivity contribution in [2.24, 2.45) is 0 Å². The Hall–Kier alpha value is -3.68. The Morgan fingerprint density at radius 3 is 2.69 bits per heavy atom. The molecule has 3 aromatic rings. The van der Waals surface area contributed by atoms with E-state index in [1.54, 1.807) is 32.3 Å². The third-order valence-corrected chi connectivity index (χ3v) is 6.02. The molecule has 1 aliphatic heterocycles. The van der Waals surface area contributed by atoms with Crippen molar-refractivity contribution in [2.45, 2.75) is 18.3 Å². The Morgan fingerprint density at radius 2 is 2.00 bits per heavy atom. The number of aromatic nitrogens is 2. The molecule has 1 aliphatic carbocycles. The van der Waals surface area contributed by atoms with E-state index < -0.39 is 11.9 Å². The van der Waals surface area contributed by atoms with Gasteiger partial charge in [-0.1, -0.05) is 6.07 Å². The summed E-state index contributed by atoms with van der Waals surface area (Å²) in [4.78, 5) is 24.8. The van der Waals surface area contributed by atoms with Crippen LogP contribution in [0, 0.1) is 5.82 Å². The van der Waals surface area contributed by atoms with Gasteiger partial charge in [0, 0.05) is 55.1 Å². The minimum atomic E-state index is -0.458. The summed E-state index contributed by atoms with van der Waals surface area (Å²) in [6.45, 7) is 0.780. The highest BCUT2D eigenvalue weighted by atomic mass is 19.1. The number of halogens is 1. The van der Waals surface area contributed by atoms with Crippen molar-refractivity contribution in [3.05, 3.63) is 60.0 Å². The molecular weight excluding hydrogens is 411 g/mol. The highest BCUT2D eigenvalue weighted by Crippen LogP contribution is 2.57. The van der Waals surface area contributed by atoms with E-state index in [0.29, 0.717) is 17.1 Å². The Bertz CT molecular complexity index is 1210. The molecule has 2 aliphatic rings. The third kappa shape index (κ3) is 3.41. The smallest absolute Gasteiger partial charge is 0.414 e. The number of hydrogen-bond acceptors (Lipinski definition) is 6. The second-order valence-electron chi connectivity index (χ2n) is 8.41. The summed E-state index contributed by atoms with van der Waals surface area (Å²) in [5, 5.41) is 0. The predicted molar refractivity (Wildman–Crippen MR) is 118 cm³/mol. The minimum absolute atomic E-state index is 0.0509. The van der Waals surface area contributed by atoms with E-state index in [0.717, 1.165) is 36.5 Å². The van der Waals surface area contributed by atoms with Gasteiger partial charge in [0.15, 0.2) is 17.4 Å². The van der Waals surface area contributed by atoms with Crippen LogP contribution in [-0.4, -0.2) is 48.7 Å². The van der Waals surface area contributed by atoms with Crippen LogP contribution in [0.3, 0.4) is 0 Å². The molecule has 5 rings (SSSR count). The van der Waals surface area contributed by atoms with Gasteiger partial charge < -0.3 is 19.3 Å². The summed E-state index contributed by atoms with van der Waals surface area (Å²) in [7, 11) is 4.71. The fourth-order valence-corrected chi connectivity index (χ4v) is 4.06. The third-order valence-electron chi connectivity index (χ3n) is 6.02. The van der Waals surface area contributed by atoms with Gasteiger partial charge in [-0.05, 0) is 43.2 Å². The number of rotatable bonds is 4. The lowest BCUT2D eigenvalue weighted by atomic mass is 10.0. The van der Waals surface area contributed by atoms with E-state index in [4.69, 9.17) is 14.5 Å². The highest BCUT2D eigenvalue weighted by molar-refractivity contribution is 5.75. The number of fused-ring (bicyclic) bond motifs is 2. The van der Waals surface area contributed by atoms with Crippen LogP contribution < -0.4 is 14.4 Å². The molecule has 0 saturated heterocycles. The molecule has 0 unspecified atom stereocenters. The average Bonchev–Trinajstić information content (AvgIpc) is 3.50. The van der Waals surface area contributed by atoms with Gasteiger partial charge in [0.25, 0.3) is 0 Å². The van der Waals surface area contributed by atoms with Crippen molar-refractivity contribution >= 4 is 17.6 Å². The lowest BCUT2D eigenvalue weighted by Gasteiger charge is -2.20. The second kappa shape index (κ2) is 7.47. The SMILES string of the molecule is COc1ccc(-c2ncc3c(n2)N(c2cccc(OC(=O)N(C)C)c2)CC32CC2)cc1F. The molecule has 1 aromatic heterocycles. The van der Waals surface area contributed by atoms with Crippen molar-refractivity contribution in [2.75, 3.05) is 32.6 Å². The molecule has 7 nitrogen and oxygen atoms in total.